The summed E-state index contributed by atoms with van der Waals surface area (Å²) >= 11 is -0.311. The SMILES string of the molecule is [2H]C([2H])([2H])c1c[c-]c(-c2cc(C([2H])(C)C)[c]([Ge]([CH3])([CH3])[CH3])cn2)cc1.[Ir].[c-]1ccc2c(oc3ccccc32)c1-c1nc2ccccc2n1-c1ccc2sc3ccccc3c2c1. The van der Waals surface area contributed by atoms with E-state index in [0.717, 1.165) is 66.9 Å². The van der Waals surface area contributed by atoms with Gasteiger partial charge in [-0.25, -0.2) is 0 Å². The molecule has 0 amide bonds. The number of hydrogen-bond acceptors (Lipinski definition) is 4. The molecule has 56 heavy (non-hydrogen) atoms. The zero-order valence-corrected chi connectivity index (χ0v) is 37.0. The zero-order chi connectivity index (χ0) is 41.3. The van der Waals surface area contributed by atoms with Crippen LogP contribution in [0.25, 0.3) is 81.5 Å². The molecule has 0 aliphatic rings. The molecule has 6 aromatic carbocycles. The van der Waals surface area contributed by atoms with Crippen LogP contribution in [0, 0.1) is 19.0 Å². The maximum Gasteiger partial charge on any atom is 0.120 e. The normalized spacial score (nSPS) is 13.2. The third kappa shape index (κ3) is 6.94. The average Bonchev–Trinajstić information content (AvgIpc) is 3.91. The summed E-state index contributed by atoms with van der Waals surface area (Å²) in [5.41, 5.74) is 8.39. The van der Waals surface area contributed by atoms with Gasteiger partial charge in [0.2, 0.25) is 0 Å². The van der Waals surface area contributed by atoms with Crippen molar-refractivity contribution in [2.45, 2.75) is 43.9 Å². The number of thiophene rings is 1. The second kappa shape index (κ2) is 15.2. The maximum absolute atomic E-state index is 8.49. The molecule has 0 saturated carbocycles. The van der Waals surface area contributed by atoms with Crippen LogP contribution in [-0.4, -0.2) is 27.8 Å². The van der Waals surface area contributed by atoms with Crippen molar-refractivity contribution < 1.29 is 30.0 Å². The molecule has 0 spiro atoms. The van der Waals surface area contributed by atoms with Crippen molar-refractivity contribution in [3.8, 4) is 28.3 Å². The predicted octanol–water partition coefficient (Wildman–Crippen LogP) is 13.3. The van der Waals surface area contributed by atoms with E-state index in [9.17, 15) is 0 Å². The van der Waals surface area contributed by atoms with Gasteiger partial charge < -0.3 is 8.98 Å². The third-order valence-electron chi connectivity index (χ3n) is 10.1. The Morgan fingerprint density at radius 2 is 1.57 bits per heavy atom. The molecule has 0 bridgehead atoms. The molecule has 1 radical (unpaired) electrons. The molecule has 0 saturated heterocycles. The van der Waals surface area contributed by atoms with Gasteiger partial charge in [0, 0.05) is 51.4 Å². The van der Waals surface area contributed by atoms with Gasteiger partial charge >= 0.3 is 131 Å². The number of benzene rings is 6. The molecule has 0 fully saturated rings. The smallest absolute Gasteiger partial charge is 0.120 e. The quantitative estimate of drug-likeness (QED) is 0.127. The van der Waals surface area contributed by atoms with Crippen LogP contribution in [-0.2, 0) is 20.1 Å². The fraction of sp³-hybridized carbons (Fsp3) is 0.143. The topological polar surface area (TPSA) is 43.9 Å². The molecule has 10 rings (SSSR count). The number of imidazole rings is 1. The fourth-order valence-electron chi connectivity index (χ4n) is 7.36. The summed E-state index contributed by atoms with van der Waals surface area (Å²) in [7, 11) is 0. The number of furan rings is 1. The molecular formula is C49H41GeIrN3OS-2. The molecule has 279 valence electrons. The zero-order valence-electron chi connectivity index (χ0n) is 35.7. The Balaban J connectivity index is 0.000000177. The number of hydrogen-bond donors (Lipinski definition) is 0. The van der Waals surface area contributed by atoms with E-state index in [4.69, 9.17) is 14.9 Å². The minimum atomic E-state index is -2.14. The third-order valence-corrected chi connectivity index (χ3v) is 15.5. The number of para-hydroxylation sites is 3. The summed E-state index contributed by atoms with van der Waals surface area (Å²) in [4.78, 5) is 9.66. The summed E-state index contributed by atoms with van der Waals surface area (Å²) in [6.07, 6.45) is 1.91. The molecule has 0 unspecified atom stereocenters. The van der Waals surface area contributed by atoms with Gasteiger partial charge in [0.15, 0.2) is 0 Å². The number of aryl methyl sites for hydroxylation is 1. The van der Waals surface area contributed by atoms with Gasteiger partial charge in [-0.15, -0.1) is 29.5 Å². The molecule has 4 nitrogen and oxygen atoms in total. The van der Waals surface area contributed by atoms with Crippen molar-refractivity contribution >= 4 is 82.1 Å². The Bertz CT molecular complexity index is 3190. The van der Waals surface area contributed by atoms with Crippen molar-refractivity contribution in [2.24, 2.45) is 0 Å². The van der Waals surface area contributed by atoms with E-state index in [1.165, 1.54) is 30.6 Å². The molecule has 0 aliphatic heterocycles. The molecule has 10 aromatic rings. The Morgan fingerprint density at radius 3 is 2.36 bits per heavy atom. The molecular weight excluding hydrogens is 943 g/mol. The van der Waals surface area contributed by atoms with Gasteiger partial charge in [-0.1, -0.05) is 59.5 Å². The average molecular weight is 989 g/mol. The Hall–Kier alpha value is -4.85. The van der Waals surface area contributed by atoms with Crippen LogP contribution in [0.5, 0.6) is 0 Å². The van der Waals surface area contributed by atoms with Crippen LogP contribution in [0.1, 0.15) is 36.4 Å². The minimum Gasteiger partial charge on any atom is -0.501 e. The fourth-order valence-corrected chi connectivity index (χ4v) is 11.8. The largest absolute Gasteiger partial charge is 0.501 e. The van der Waals surface area contributed by atoms with E-state index in [1.807, 2.05) is 67.8 Å². The summed E-state index contributed by atoms with van der Waals surface area (Å²) in [5, 5.41) is 4.72. The Labute approximate surface area is 353 Å². The van der Waals surface area contributed by atoms with Gasteiger partial charge in [0.1, 0.15) is 5.58 Å². The Kier molecular flexibility index (Phi) is 9.07. The standard InChI is InChI=1S/C31H17N2OS.C18H24GeN.Ir/c1-5-14-27-20(8-1)22-10-7-11-23(30(22)34-27)31-32-25-12-3-4-13-26(25)33(31)19-16-17-29-24(18-19)21-9-2-6-15-28(21)35-29;1-13(2)16-11-18(15-9-7-14(3)8-10-15)20-12-17(16)19(4,5)6;/h1-10,12-18H;7-9,11-13H,1-6H3;/q2*-1;/i;3D3,13D;. The minimum absolute atomic E-state index is 0. The van der Waals surface area contributed by atoms with Crippen LogP contribution < -0.4 is 4.40 Å². The van der Waals surface area contributed by atoms with Crippen LogP contribution in [0.15, 0.2) is 138 Å². The van der Waals surface area contributed by atoms with E-state index in [1.54, 1.807) is 12.1 Å². The summed E-state index contributed by atoms with van der Waals surface area (Å²) < 4.78 is 43.2. The van der Waals surface area contributed by atoms with Gasteiger partial charge in [-0.05, 0) is 42.5 Å². The van der Waals surface area contributed by atoms with Gasteiger partial charge in [-0.2, -0.15) is 0 Å². The number of fused-ring (bicyclic) bond motifs is 7. The Morgan fingerprint density at radius 1 is 0.804 bits per heavy atom. The van der Waals surface area contributed by atoms with E-state index in [0.29, 0.717) is 0 Å². The van der Waals surface area contributed by atoms with Crippen molar-refractivity contribution in [2.75, 3.05) is 0 Å². The molecule has 0 atom stereocenters. The first-order valence-corrected chi connectivity index (χ1v) is 26.6. The van der Waals surface area contributed by atoms with E-state index in [-0.39, 0.29) is 25.7 Å². The first-order valence-electron chi connectivity index (χ1n) is 20.4. The van der Waals surface area contributed by atoms with Crippen molar-refractivity contribution in [1.29, 1.82) is 0 Å². The van der Waals surface area contributed by atoms with E-state index >= 15 is 0 Å². The second-order valence-corrected chi connectivity index (χ2v) is 26.7. The van der Waals surface area contributed by atoms with Gasteiger partial charge in [-0.3, -0.25) is 4.98 Å². The first kappa shape index (κ1) is 33.3. The van der Waals surface area contributed by atoms with Crippen LogP contribution >= 0.6 is 11.3 Å². The summed E-state index contributed by atoms with van der Waals surface area (Å²) in [5.74, 6) is 7.01. The number of rotatable bonds is 5. The van der Waals surface area contributed by atoms with Crippen molar-refractivity contribution in [3.63, 3.8) is 0 Å². The monoisotopic (exact) mass is 990 g/mol. The molecule has 0 aliphatic carbocycles. The maximum atomic E-state index is 8.49. The number of pyridine rings is 1. The van der Waals surface area contributed by atoms with E-state index in [2.05, 4.69) is 112 Å². The number of nitrogens with zero attached hydrogens (tertiary/aromatic N) is 3. The van der Waals surface area contributed by atoms with Crippen LogP contribution in [0.3, 0.4) is 0 Å². The second-order valence-electron chi connectivity index (χ2n) is 15.1. The van der Waals surface area contributed by atoms with Crippen molar-refractivity contribution in [1.82, 2.24) is 14.5 Å². The molecule has 4 aromatic heterocycles. The first-order chi connectivity index (χ1) is 28.1. The van der Waals surface area contributed by atoms with Gasteiger partial charge in [0.05, 0.1) is 22.4 Å². The van der Waals surface area contributed by atoms with Crippen molar-refractivity contribution in [3.05, 3.63) is 157 Å². The number of aromatic nitrogens is 3. The summed E-state index contributed by atoms with van der Waals surface area (Å²) in [6.45, 7) is 1.66. The van der Waals surface area contributed by atoms with Crippen LogP contribution in [0.4, 0.5) is 0 Å². The summed E-state index contributed by atoms with van der Waals surface area (Å²) in [6, 6.07) is 49.1. The predicted molar refractivity (Wildman–Crippen MR) is 236 cm³/mol. The molecule has 4 heterocycles. The molecule has 0 N–H and O–H groups in total. The molecule has 7 heteroatoms. The van der Waals surface area contributed by atoms with Crippen LogP contribution in [0.2, 0.25) is 17.3 Å². The van der Waals surface area contributed by atoms with E-state index < -0.39 is 26.0 Å². The van der Waals surface area contributed by atoms with Gasteiger partial charge in [0.25, 0.3) is 0 Å².